The lowest BCUT2D eigenvalue weighted by Gasteiger charge is -2.22. The minimum atomic E-state index is 0. The minimum absolute atomic E-state index is 0. The van der Waals surface area contributed by atoms with Gasteiger partial charge in [-0.3, -0.25) is 4.99 Å². The summed E-state index contributed by atoms with van der Waals surface area (Å²) < 4.78 is 5.67. The summed E-state index contributed by atoms with van der Waals surface area (Å²) in [6.45, 7) is 5.04. The number of halogens is 1. The third-order valence-corrected chi connectivity index (χ3v) is 5.07. The molecule has 5 heteroatoms. The number of guanidine groups is 1. The van der Waals surface area contributed by atoms with E-state index in [1.807, 2.05) is 7.05 Å². The van der Waals surface area contributed by atoms with Crippen molar-refractivity contribution >= 4 is 29.9 Å². The van der Waals surface area contributed by atoms with E-state index in [0.29, 0.717) is 0 Å². The van der Waals surface area contributed by atoms with Crippen molar-refractivity contribution in [1.29, 1.82) is 0 Å². The third-order valence-electron chi connectivity index (χ3n) is 5.07. The number of ether oxygens (including phenoxy) is 1. The number of rotatable bonds is 5. The van der Waals surface area contributed by atoms with Gasteiger partial charge in [-0.25, -0.2) is 0 Å². The van der Waals surface area contributed by atoms with Gasteiger partial charge < -0.3 is 15.0 Å². The van der Waals surface area contributed by atoms with Crippen LogP contribution in [0.5, 0.6) is 0 Å². The molecule has 21 heavy (non-hydrogen) atoms. The number of nitrogens with one attached hydrogen (secondary N) is 1. The van der Waals surface area contributed by atoms with Crippen molar-refractivity contribution in [2.24, 2.45) is 22.7 Å². The third kappa shape index (κ3) is 4.98. The van der Waals surface area contributed by atoms with Crippen LogP contribution in [0.1, 0.15) is 38.5 Å². The van der Waals surface area contributed by atoms with Crippen molar-refractivity contribution in [3.8, 4) is 0 Å². The van der Waals surface area contributed by atoms with Crippen molar-refractivity contribution in [3.05, 3.63) is 0 Å². The maximum Gasteiger partial charge on any atom is 0.193 e. The predicted octanol–water partition coefficient (Wildman–Crippen LogP) is 2.73. The molecule has 0 aromatic carbocycles. The van der Waals surface area contributed by atoms with Gasteiger partial charge in [-0.05, 0) is 43.4 Å². The zero-order valence-electron chi connectivity index (χ0n) is 13.2. The first-order valence-corrected chi connectivity index (χ1v) is 8.40. The van der Waals surface area contributed by atoms with E-state index in [4.69, 9.17) is 4.74 Å². The fourth-order valence-electron chi connectivity index (χ4n) is 3.68. The molecule has 2 saturated carbocycles. The maximum atomic E-state index is 5.67. The number of hydrogen-bond donors (Lipinski definition) is 1. The molecule has 1 aliphatic heterocycles. The first-order valence-electron chi connectivity index (χ1n) is 8.40. The molecule has 0 aromatic rings. The number of likely N-dealkylation sites (tertiary alicyclic amines) is 1. The number of aliphatic imine (C=N–C) groups is 1. The zero-order chi connectivity index (χ0) is 13.8. The standard InChI is InChI=1S/C16H29N3O.HI/c1-17-16(18-8-9-20-12-13-6-7-13)19-10-14-4-2-3-5-15(14)11-19;/h13-15H,2-12H2,1H3,(H,17,18);1H. The lowest BCUT2D eigenvalue weighted by atomic mass is 9.82. The van der Waals surface area contributed by atoms with E-state index >= 15 is 0 Å². The Labute approximate surface area is 146 Å². The molecule has 0 amide bonds. The van der Waals surface area contributed by atoms with Gasteiger partial charge in [-0.15, -0.1) is 24.0 Å². The minimum Gasteiger partial charge on any atom is -0.379 e. The van der Waals surface area contributed by atoms with Gasteiger partial charge in [0.1, 0.15) is 0 Å². The van der Waals surface area contributed by atoms with E-state index < -0.39 is 0 Å². The topological polar surface area (TPSA) is 36.9 Å². The van der Waals surface area contributed by atoms with Crippen molar-refractivity contribution in [2.45, 2.75) is 38.5 Å². The second-order valence-electron chi connectivity index (χ2n) is 6.70. The quantitative estimate of drug-likeness (QED) is 0.330. The van der Waals surface area contributed by atoms with Gasteiger partial charge in [0.05, 0.1) is 6.61 Å². The van der Waals surface area contributed by atoms with Gasteiger partial charge in [0.2, 0.25) is 0 Å². The molecule has 2 unspecified atom stereocenters. The van der Waals surface area contributed by atoms with Gasteiger partial charge >= 0.3 is 0 Å². The highest BCUT2D eigenvalue weighted by Gasteiger charge is 2.35. The SMILES string of the molecule is CN=C(NCCOCC1CC1)N1CC2CCCCC2C1.I. The summed E-state index contributed by atoms with van der Waals surface area (Å²) in [6.07, 6.45) is 8.43. The summed E-state index contributed by atoms with van der Waals surface area (Å²) in [5.74, 6) is 3.76. The average Bonchev–Trinajstić information content (AvgIpc) is 3.19. The Morgan fingerprint density at radius 1 is 1.14 bits per heavy atom. The molecule has 2 atom stereocenters. The van der Waals surface area contributed by atoms with E-state index in [1.54, 1.807) is 0 Å². The van der Waals surface area contributed by atoms with Crippen LogP contribution in [0.4, 0.5) is 0 Å². The van der Waals surface area contributed by atoms with Crippen LogP contribution in [0.15, 0.2) is 4.99 Å². The molecular formula is C16H30IN3O. The summed E-state index contributed by atoms with van der Waals surface area (Å²) in [6, 6.07) is 0. The highest BCUT2D eigenvalue weighted by atomic mass is 127. The number of hydrogen-bond acceptors (Lipinski definition) is 2. The largest absolute Gasteiger partial charge is 0.379 e. The van der Waals surface area contributed by atoms with Gasteiger partial charge in [-0.1, -0.05) is 12.8 Å². The van der Waals surface area contributed by atoms with E-state index in [9.17, 15) is 0 Å². The molecule has 3 rings (SSSR count). The second kappa shape index (κ2) is 8.56. The van der Waals surface area contributed by atoms with Gasteiger partial charge in [0.15, 0.2) is 5.96 Å². The molecule has 0 radical (unpaired) electrons. The Morgan fingerprint density at radius 2 is 1.81 bits per heavy atom. The summed E-state index contributed by atoms with van der Waals surface area (Å²) in [5, 5.41) is 3.47. The van der Waals surface area contributed by atoms with Crippen molar-refractivity contribution in [2.75, 3.05) is 39.9 Å². The van der Waals surface area contributed by atoms with E-state index in [1.165, 1.54) is 51.6 Å². The Balaban J connectivity index is 0.00000161. The van der Waals surface area contributed by atoms with Crippen LogP contribution in [-0.4, -0.2) is 50.8 Å². The van der Waals surface area contributed by atoms with Gasteiger partial charge in [0.25, 0.3) is 0 Å². The van der Waals surface area contributed by atoms with Crippen LogP contribution >= 0.6 is 24.0 Å². The summed E-state index contributed by atoms with van der Waals surface area (Å²) in [4.78, 5) is 6.91. The highest BCUT2D eigenvalue weighted by molar-refractivity contribution is 14.0. The predicted molar refractivity (Wildman–Crippen MR) is 97.3 cm³/mol. The monoisotopic (exact) mass is 407 g/mol. The summed E-state index contributed by atoms with van der Waals surface area (Å²) >= 11 is 0. The van der Waals surface area contributed by atoms with Crippen LogP contribution in [-0.2, 0) is 4.74 Å². The molecular weight excluding hydrogens is 377 g/mol. The Hall–Kier alpha value is -0.0400. The maximum absolute atomic E-state index is 5.67. The number of fused-ring (bicyclic) bond motifs is 1. The molecule has 0 aromatic heterocycles. The van der Waals surface area contributed by atoms with E-state index in [0.717, 1.165) is 43.5 Å². The first kappa shape index (κ1) is 17.3. The fourth-order valence-corrected chi connectivity index (χ4v) is 3.68. The van der Waals surface area contributed by atoms with Gasteiger partial charge in [-0.2, -0.15) is 0 Å². The normalized spacial score (nSPS) is 29.0. The second-order valence-corrected chi connectivity index (χ2v) is 6.70. The van der Waals surface area contributed by atoms with Crippen molar-refractivity contribution < 1.29 is 4.74 Å². The lowest BCUT2D eigenvalue weighted by molar-refractivity contribution is 0.128. The lowest BCUT2D eigenvalue weighted by Crippen LogP contribution is -2.41. The zero-order valence-corrected chi connectivity index (χ0v) is 15.6. The van der Waals surface area contributed by atoms with Crippen molar-refractivity contribution in [1.82, 2.24) is 10.2 Å². The van der Waals surface area contributed by atoms with Crippen LogP contribution in [0.3, 0.4) is 0 Å². The summed E-state index contributed by atoms with van der Waals surface area (Å²) in [7, 11) is 1.90. The van der Waals surface area contributed by atoms with Crippen molar-refractivity contribution in [3.63, 3.8) is 0 Å². The first-order chi connectivity index (χ1) is 9.86. The van der Waals surface area contributed by atoms with E-state index in [2.05, 4.69) is 15.2 Å². The van der Waals surface area contributed by atoms with Crippen LogP contribution in [0, 0.1) is 17.8 Å². The molecule has 0 spiro atoms. The summed E-state index contributed by atoms with van der Waals surface area (Å²) in [5.41, 5.74) is 0. The molecule has 1 heterocycles. The fraction of sp³-hybridized carbons (Fsp3) is 0.938. The van der Waals surface area contributed by atoms with Crippen LogP contribution in [0.2, 0.25) is 0 Å². The van der Waals surface area contributed by atoms with Gasteiger partial charge in [0, 0.05) is 33.3 Å². The highest BCUT2D eigenvalue weighted by Crippen LogP contribution is 2.35. The molecule has 122 valence electrons. The Kier molecular flexibility index (Phi) is 7.05. The van der Waals surface area contributed by atoms with Crippen LogP contribution in [0.25, 0.3) is 0 Å². The Bertz CT molecular complexity index is 332. The molecule has 2 aliphatic carbocycles. The molecule has 0 bridgehead atoms. The molecule has 1 saturated heterocycles. The average molecular weight is 407 g/mol. The number of nitrogens with zero attached hydrogens (tertiary/aromatic N) is 2. The smallest absolute Gasteiger partial charge is 0.193 e. The molecule has 3 fully saturated rings. The molecule has 4 nitrogen and oxygen atoms in total. The molecule has 1 N–H and O–H groups in total. The van der Waals surface area contributed by atoms with Crippen LogP contribution < -0.4 is 5.32 Å². The van der Waals surface area contributed by atoms with E-state index in [-0.39, 0.29) is 24.0 Å². The molecule has 3 aliphatic rings. The Morgan fingerprint density at radius 3 is 2.38 bits per heavy atom.